The number of rotatable bonds is 1. The van der Waals surface area contributed by atoms with Gasteiger partial charge in [-0.25, -0.2) is 0 Å². The normalized spacial score (nSPS) is 10.4. The Hall–Kier alpha value is -1.95. The van der Waals surface area contributed by atoms with E-state index in [0.717, 1.165) is 33.5 Å². The molecular weight excluding hydrogens is 200 g/mol. The van der Waals surface area contributed by atoms with Crippen LogP contribution in [0, 0.1) is 25.2 Å². The molecule has 0 unspecified atom stereocenters. The molecule has 3 heteroatoms. The second-order valence-corrected chi connectivity index (χ2v) is 3.97. The van der Waals surface area contributed by atoms with Gasteiger partial charge in [-0.05, 0) is 31.5 Å². The molecule has 0 atom stereocenters. The summed E-state index contributed by atoms with van der Waals surface area (Å²) in [6.07, 6.45) is 0. The molecule has 0 aliphatic rings. The van der Waals surface area contributed by atoms with E-state index in [1.165, 1.54) is 0 Å². The zero-order chi connectivity index (χ0) is 11.9. The van der Waals surface area contributed by atoms with E-state index in [1.807, 2.05) is 33.0 Å². The van der Waals surface area contributed by atoms with Gasteiger partial charge in [0.1, 0.15) is 11.8 Å². The van der Waals surface area contributed by atoms with Crippen molar-refractivity contribution < 1.29 is 4.74 Å². The van der Waals surface area contributed by atoms with Crippen LogP contribution in [-0.4, -0.2) is 11.7 Å². The minimum atomic E-state index is 0.736. The summed E-state index contributed by atoms with van der Waals surface area (Å²) in [4.78, 5) is 0. The van der Waals surface area contributed by atoms with Crippen molar-refractivity contribution in [1.29, 1.82) is 5.26 Å². The molecule has 1 heterocycles. The fourth-order valence-corrected chi connectivity index (χ4v) is 2.17. The zero-order valence-electron chi connectivity index (χ0n) is 9.96. The molecule has 16 heavy (non-hydrogen) atoms. The molecule has 1 aromatic carbocycles. The van der Waals surface area contributed by atoms with Gasteiger partial charge < -0.3 is 9.30 Å². The summed E-state index contributed by atoms with van der Waals surface area (Å²) in [6.45, 7) is 4.00. The SMILES string of the molecule is COc1cc(C)c2c(c1)c(C#N)c(C)n2C. The maximum absolute atomic E-state index is 9.18. The first-order valence-electron chi connectivity index (χ1n) is 5.14. The summed E-state index contributed by atoms with van der Waals surface area (Å²) in [5.41, 5.74) is 3.96. The monoisotopic (exact) mass is 214 g/mol. The number of hydrogen-bond acceptors (Lipinski definition) is 2. The van der Waals surface area contributed by atoms with E-state index in [4.69, 9.17) is 4.74 Å². The highest BCUT2D eigenvalue weighted by molar-refractivity contribution is 5.91. The van der Waals surface area contributed by atoms with Crippen LogP contribution in [0.4, 0.5) is 0 Å². The van der Waals surface area contributed by atoms with Gasteiger partial charge >= 0.3 is 0 Å². The number of benzene rings is 1. The molecule has 0 fully saturated rings. The molecule has 0 aliphatic carbocycles. The molecule has 0 radical (unpaired) electrons. The van der Waals surface area contributed by atoms with Crippen molar-refractivity contribution >= 4 is 10.9 Å². The summed E-state index contributed by atoms with van der Waals surface area (Å²) < 4.78 is 7.29. The molecule has 0 bridgehead atoms. The number of aryl methyl sites for hydroxylation is 2. The standard InChI is InChI=1S/C13H14N2O/c1-8-5-10(16-4)6-11-12(7-14)9(2)15(3)13(8)11/h5-6H,1-4H3. The summed E-state index contributed by atoms with van der Waals surface area (Å²) in [6, 6.07) is 6.17. The quantitative estimate of drug-likeness (QED) is 0.732. The average Bonchev–Trinajstić information content (AvgIpc) is 2.51. The molecular formula is C13H14N2O. The Balaban J connectivity index is 2.96. The molecule has 0 spiro atoms. The first kappa shape index (κ1) is 10.6. The summed E-state index contributed by atoms with van der Waals surface area (Å²) in [5, 5.41) is 10.2. The van der Waals surface area contributed by atoms with Gasteiger partial charge in [0.05, 0.1) is 18.2 Å². The molecule has 1 aromatic heterocycles. The summed E-state index contributed by atoms with van der Waals surface area (Å²) >= 11 is 0. The Kier molecular flexibility index (Phi) is 2.35. The minimum Gasteiger partial charge on any atom is -0.497 e. The third-order valence-electron chi connectivity index (χ3n) is 3.09. The molecule has 82 valence electrons. The Morgan fingerprint density at radius 1 is 1.31 bits per heavy atom. The summed E-state index contributed by atoms with van der Waals surface area (Å²) in [7, 11) is 3.63. The highest BCUT2D eigenvalue weighted by atomic mass is 16.5. The van der Waals surface area contributed by atoms with Crippen LogP contribution < -0.4 is 4.74 Å². The minimum absolute atomic E-state index is 0.736. The lowest BCUT2D eigenvalue weighted by atomic mass is 10.1. The number of methoxy groups -OCH3 is 1. The third-order valence-corrected chi connectivity index (χ3v) is 3.09. The van der Waals surface area contributed by atoms with Crippen LogP contribution >= 0.6 is 0 Å². The first-order valence-corrected chi connectivity index (χ1v) is 5.14. The molecule has 3 nitrogen and oxygen atoms in total. The van der Waals surface area contributed by atoms with Gasteiger partial charge in [0.15, 0.2) is 0 Å². The van der Waals surface area contributed by atoms with E-state index in [0.29, 0.717) is 0 Å². The van der Waals surface area contributed by atoms with Crippen molar-refractivity contribution in [3.8, 4) is 11.8 Å². The Labute approximate surface area is 94.9 Å². The zero-order valence-corrected chi connectivity index (χ0v) is 9.96. The summed E-state index contributed by atoms with van der Waals surface area (Å²) in [5.74, 6) is 0.798. The number of ether oxygens (including phenoxy) is 1. The van der Waals surface area contributed by atoms with Gasteiger partial charge in [-0.3, -0.25) is 0 Å². The predicted octanol–water partition coefficient (Wildman–Crippen LogP) is 2.68. The molecule has 0 N–H and O–H groups in total. The lowest BCUT2D eigenvalue weighted by molar-refractivity contribution is 0.415. The van der Waals surface area contributed by atoms with Crippen LogP contribution in [0.5, 0.6) is 5.75 Å². The van der Waals surface area contributed by atoms with E-state index in [9.17, 15) is 5.26 Å². The largest absolute Gasteiger partial charge is 0.497 e. The van der Waals surface area contributed by atoms with Gasteiger partial charge in [0.25, 0.3) is 0 Å². The maximum atomic E-state index is 9.18. The van der Waals surface area contributed by atoms with Crippen molar-refractivity contribution in [2.75, 3.05) is 7.11 Å². The fraction of sp³-hybridized carbons (Fsp3) is 0.308. The Morgan fingerprint density at radius 2 is 2.00 bits per heavy atom. The van der Waals surface area contributed by atoms with Crippen molar-refractivity contribution in [2.24, 2.45) is 7.05 Å². The van der Waals surface area contributed by atoms with Crippen molar-refractivity contribution in [2.45, 2.75) is 13.8 Å². The molecule has 2 rings (SSSR count). The molecule has 0 saturated heterocycles. The smallest absolute Gasteiger partial charge is 0.119 e. The second-order valence-electron chi connectivity index (χ2n) is 3.97. The van der Waals surface area contributed by atoms with Gasteiger partial charge in [0.2, 0.25) is 0 Å². The van der Waals surface area contributed by atoms with Gasteiger partial charge in [0, 0.05) is 18.1 Å². The first-order chi connectivity index (χ1) is 7.60. The number of nitriles is 1. The Morgan fingerprint density at radius 3 is 2.56 bits per heavy atom. The fourth-order valence-electron chi connectivity index (χ4n) is 2.17. The van der Waals surface area contributed by atoms with Crippen LogP contribution in [-0.2, 0) is 7.05 Å². The van der Waals surface area contributed by atoms with Crippen LogP contribution in [0.1, 0.15) is 16.8 Å². The van der Waals surface area contributed by atoms with Crippen LogP contribution in [0.2, 0.25) is 0 Å². The van der Waals surface area contributed by atoms with Crippen LogP contribution in [0.3, 0.4) is 0 Å². The average molecular weight is 214 g/mol. The number of hydrogen-bond donors (Lipinski definition) is 0. The second kappa shape index (κ2) is 3.57. The van der Waals surface area contributed by atoms with Crippen LogP contribution in [0.25, 0.3) is 10.9 Å². The lowest BCUT2D eigenvalue weighted by Gasteiger charge is -2.05. The number of nitrogens with zero attached hydrogens (tertiary/aromatic N) is 2. The Bertz CT molecular complexity index is 603. The number of fused-ring (bicyclic) bond motifs is 1. The highest BCUT2D eigenvalue weighted by Gasteiger charge is 2.14. The van der Waals surface area contributed by atoms with Gasteiger partial charge in [-0.15, -0.1) is 0 Å². The lowest BCUT2D eigenvalue weighted by Crippen LogP contribution is -1.92. The van der Waals surface area contributed by atoms with Gasteiger partial charge in [-0.1, -0.05) is 0 Å². The van der Waals surface area contributed by atoms with Crippen molar-refractivity contribution in [1.82, 2.24) is 4.57 Å². The van der Waals surface area contributed by atoms with Crippen molar-refractivity contribution in [3.05, 3.63) is 29.0 Å². The van der Waals surface area contributed by atoms with Crippen molar-refractivity contribution in [3.63, 3.8) is 0 Å². The maximum Gasteiger partial charge on any atom is 0.119 e. The van der Waals surface area contributed by atoms with Gasteiger partial charge in [-0.2, -0.15) is 5.26 Å². The highest BCUT2D eigenvalue weighted by Crippen LogP contribution is 2.30. The topological polar surface area (TPSA) is 37.9 Å². The van der Waals surface area contributed by atoms with E-state index >= 15 is 0 Å². The third kappa shape index (κ3) is 1.27. The van der Waals surface area contributed by atoms with E-state index in [2.05, 4.69) is 10.6 Å². The molecule has 2 aromatic rings. The predicted molar refractivity (Wildman–Crippen MR) is 63.7 cm³/mol. The van der Waals surface area contributed by atoms with E-state index in [-0.39, 0.29) is 0 Å². The number of aromatic nitrogens is 1. The molecule has 0 saturated carbocycles. The van der Waals surface area contributed by atoms with Crippen LogP contribution in [0.15, 0.2) is 12.1 Å². The van der Waals surface area contributed by atoms with E-state index < -0.39 is 0 Å². The molecule has 0 aliphatic heterocycles. The molecule has 0 amide bonds. The van der Waals surface area contributed by atoms with E-state index in [1.54, 1.807) is 7.11 Å².